The summed E-state index contributed by atoms with van der Waals surface area (Å²) in [7, 11) is -2.00. The van der Waals surface area contributed by atoms with Gasteiger partial charge in [-0.2, -0.15) is 0 Å². The fraction of sp³-hybridized carbons (Fsp3) is 0.462. The third kappa shape index (κ3) is 6.79. The molecule has 0 aliphatic carbocycles. The Morgan fingerprint density at radius 3 is 2.52 bits per heavy atom. The standard InChI is InChI=1S/C13H18ClNO5S/c1-15(21(18,19)10-2-3-13(16)17)8-9-20-12-6-4-11(14)5-7-12/h4-7H,2-3,8-10H2,1H3,(H,16,17). The summed E-state index contributed by atoms with van der Waals surface area (Å²) < 4.78 is 30.3. The van der Waals surface area contributed by atoms with Gasteiger partial charge in [0.15, 0.2) is 0 Å². The lowest BCUT2D eigenvalue weighted by molar-refractivity contribution is -0.137. The Morgan fingerprint density at radius 1 is 1.33 bits per heavy atom. The van der Waals surface area contributed by atoms with E-state index in [4.69, 9.17) is 21.4 Å². The Balaban J connectivity index is 2.36. The highest BCUT2D eigenvalue weighted by Crippen LogP contribution is 2.15. The summed E-state index contributed by atoms with van der Waals surface area (Å²) in [5.41, 5.74) is 0. The first-order chi connectivity index (χ1) is 9.81. The monoisotopic (exact) mass is 335 g/mol. The van der Waals surface area contributed by atoms with Crippen LogP contribution in [0.5, 0.6) is 5.75 Å². The van der Waals surface area contributed by atoms with Crippen LogP contribution in [0.25, 0.3) is 0 Å². The van der Waals surface area contributed by atoms with Gasteiger partial charge >= 0.3 is 5.97 Å². The van der Waals surface area contributed by atoms with Gasteiger partial charge in [0.1, 0.15) is 12.4 Å². The van der Waals surface area contributed by atoms with Gasteiger partial charge in [0.05, 0.1) is 5.75 Å². The lowest BCUT2D eigenvalue weighted by Gasteiger charge is -2.17. The van der Waals surface area contributed by atoms with Crippen LogP contribution in [0.2, 0.25) is 5.02 Å². The molecule has 0 radical (unpaired) electrons. The van der Waals surface area contributed by atoms with Crippen molar-refractivity contribution >= 4 is 27.6 Å². The molecule has 0 saturated heterocycles. The summed E-state index contributed by atoms with van der Waals surface area (Å²) in [6.07, 6.45) is -0.0611. The van der Waals surface area contributed by atoms with E-state index in [1.807, 2.05) is 0 Å². The van der Waals surface area contributed by atoms with E-state index in [-0.39, 0.29) is 31.7 Å². The highest BCUT2D eigenvalue weighted by molar-refractivity contribution is 7.89. The molecule has 1 N–H and O–H groups in total. The number of likely N-dealkylation sites (N-methyl/N-ethyl adjacent to an activating group) is 1. The summed E-state index contributed by atoms with van der Waals surface area (Å²) in [5, 5.41) is 9.10. The van der Waals surface area contributed by atoms with Crippen molar-refractivity contribution in [2.75, 3.05) is 26.0 Å². The first-order valence-corrected chi connectivity index (χ1v) is 8.34. The van der Waals surface area contributed by atoms with Crippen molar-refractivity contribution in [2.45, 2.75) is 12.8 Å². The van der Waals surface area contributed by atoms with Crippen LogP contribution in [0.3, 0.4) is 0 Å². The molecular weight excluding hydrogens is 318 g/mol. The average molecular weight is 336 g/mol. The highest BCUT2D eigenvalue weighted by Gasteiger charge is 2.17. The van der Waals surface area contributed by atoms with Gasteiger partial charge in [0.25, 0.3) is 0 Å². The Hall–Kier alpha value is -1.31. The van der Waals surface area contributed by atoms with Crippen molar-refractivity contribution in [3.8, 4) is 5.75 Å². The lowest BCUT2D eigenvalue weighted by atomic mass is 10.3. The van der Waals surface area contributed by atoms with E-state index in [2.05, 4.69) is 0 Å². The second-order valence-electron chi connectivity index (χ2n) is 4.44. The van der Waals surface area contributed by atoms with Crippen molar-refractivity contribution in [1.82, 2.24) is 4.31 Å². The number of halogens is 1. The Kier molecular flexibility index (Phi) is 6.94. The van der Waals surface area contributed by atoms with E-state index >= 15 is 0 Å². The number of sulfonamides is 1. The third-order valence-corrected chi connectivity index (χ3v) is 4.95. The SMILES string of the molecule is CN(CCOc1ccc(Cl)cc1)S(=O)(=O)CCCC(=O)O. The zero-order valence-electron chi connectivity index (χ0n) is 11.7. The molecule has 6 nitrogen and oxygen atoms in total. The van der Waals surface area contributed by atoms with Crippen LogP contribution in [-0.2, 0) is 14.8 Å². The summed E-state index contributed by atoms with van der Waals surface area (Å²) >= 11 is 5.74. The normalized spacial score (nSPS) is 11.6. The number of carbonyl (C=O) groups is 1. The molecule has 0 amide bonds. The molecule has 0 heterocycles. The number of carboxylic acid groups (broad SMARTS) is 1. The maximum absolute atomic E-state index is 11.9. The molecule has 1 aromatic carbocycles. The molecule has 21 heavy (non-hydrogen) atoms. The van der Waals surface area contributed by atoms with Crippen molar-refractivity contribution < 1.29 is 23.1 Å². The van der Waals surface area contributed by atoms with Gasteiger partial charge in [-0.25, -0.2) is 12.7 Å². The molecule has 0 spiro atoms. The molecule has 0 aliphatic heterocycles. The topological polar surface area (TPSA) is 83.9 Å². The Morgan fingerprint density at radius 2 is 1.95 bits per heavy atom. The highest BCUT2D eigenvalue weighted by atomic mass is 35.5. The maximum Gasteiger partial charge on any atom is 0.303 e. The number of aliphatic carboxylic acids is 1. The van der Waals surface area contributed by atoms with Gasteiger partial charge in [-0.1, -0.05) is 11.6 Å². The second kappa shape index (κ2) is 8.21. The Bertz CT molecular complexity index is 558. The van der Waals surface area contributed by atoms with Crippen LogP contribution in [0.4, 0.5) is 0 Å². The van der Waals surface area contributed by atoms with E-state index in [1.54, 1.807) is 24.3 Å². The number of hydrogen-bond donors (Lipinski definition) is 1. The molecule has 8 heteroatoms. The van der Waals surface area contributed by atoms with E-state index in [1.165, 1.54) is 11.4 Å². The van der Waals surface area contributed by atoms with Gasteiger partial charge in [-0.05, 0) is 30.7 Å². The summed E-state index contributed by atoms with van der Waals surface area (Å²) in [5.74, 6) is -0.577. The minimum Gasteiger partial charge on any atom is -0.492 e. The summed E-state index contributed by atoms with van der Waals surface area (Å²) in [6, 6.07) is 6.76. The van der Waals surface area contributed by atoms with Crippen molar-refractivity contribution in [2.24, 2.45) is 0 Å². The van der Waals surface area contributed by atoms with Gasteiger partial charge in [-0.15, -0.1) is 0 Å². The zero-order chi connectivity index (χ0) is 15.9. The molecule has 0 bridgehead atoms. The molecule has 0 saturated carbocycles. The quantitative estimate of drug-likeness (QED) is 0.744. The molecule has 0 unspecified atom stereocenters. The van der Waals surface area contributed by atoms with Gasteiger partial charge in [0.2, 0.25) is 10.0 Å². The number of rotatable bonds is 9. The molecule has 0 atom stereocenters. The predicted molar refractivity (Wildman–Crippen MR) is 80.2 cm³/mol. The molecule has 1 aromatic rings. The first-order valence-electron chi connectivity index (χ1n) is 6.35. The van der Waals surface area contributed by atoms with E-state index in [0.29, 0.717) is 10.8 Å². The van der Waals surface area contributed by atoms with Gasteiger partial charge < -0.3 is 9.84 Å². The van der Waals surface area contributed by atoms with Crippen molar-refractivity contribution in [3.63, 3.8) is 0 Å². The molecule has 0 fully saturated rings. The number of carboxylic acids is 1. The summed E-state index contributed by atoms with van der Waals surface area (Å²) in [4.78, 5) is 10.4. The van der Waals surface area contributed by atoms with E-state index in [9.17, 15) is 13.2 Å². The summed E-state index contributed by atoms with van der Waals surface area (Å²) in [6.45, 7) is 0.397. The second-order valence-corrected chi connectivity index (χ2v) is 7.07. The average Bonchev–Trinajstić information content (AvgIpc) is 2.40. The number of benzene rings is 1. The maximum atomic E-state index is 11.9. The van der Waals surface area contributed by atoms with Crippen LogP contribution < -0.4 is 4.74 Å². The first kappa shape index (κ1) is 17.7. The fourth-order valence-electron chi connectivity index (χ4n) is 1.52. The zero-order valence-corrected chi connectivity index (χ0v) is 13.2. The number of ether oxygens (including phenoxy) is 1. The smallest absolute Gasteiger partial charge is 0.303 e. The van der Waals surface area contributed by atoms with Crippen molar-refractivity contribution in [1.29, 1.82) is 0 Å². The van der Waals surface area contributed by atoms with Crippen LogP contribution >= 0.6 is 11.6 Å². The Labute approximate surface area is 129 Å². The van der Waals surface area contributed by atoms with Crippen LogP contribution in [0, 0.1) is 0 Å². The molecular formula is C13H18ClNO5S. The lowest BCUT2D eigenvalue weighted by Crippen LogP contribution is -2.33. The minimum atomic E-state index is -3.45. The third-order valence-electron chi connectivity index (χ3n) is 2.76. The largest absolute Gasteiger partial charge is 0.492 e. The van der Waals surface area contributed by atoms with E-state index < -0.39 is 16.0 Å². The molecule has 0 aliphatic rings. The van der Waals surface area contributed by atoms with Gasteiger partial charge in [0, 0.05) is 25.0 Å². The van der Waals surface area contributed by atoms with Crippen LogP contribution in [-0.4, -0.2) is 49.8 Å². The van der Waals surface area contributed by atoms with Crippen LogP contribution in [0.1, 0.15) is 12.8 Å². The molecule has 118 valence electrons. The van der Waals surface area contributed by atoms with Crippen molar-refractivity contribution in [3.05, 3.63) is 29.3 Å². The van der Waals surface area contributed by atoms with Gasteiger partial charge in [-0.3, -0.25) is 4.79 Å². The number of hydrogen-bond acceptors (Lipinski definition) is 4. The fourth-order valence-corrected chi connectivity index (χ4v) is 2.82. The number of nitrogens with zero attached hydrogens (tertiary/aromatic N) is 1. The van der Waals surface area contributed by atoms with E-state index in [0.717, 1.165) is 0 Å². The molecule has 0 aromatic heterocycles. The van der Waals surface area contributed by atoms with Crippen LogP contribution in [0.15, 0.2) is 24.3 Å². The predicted octanol–water partition coefficient (Wildman–Crippen LogP) is 1.85. The minimum absolute atomic E-state index is 0.0973. The molecule has 1 rings (SSSR count).